The van der Waals surface area contributed by atoms with Crippen LogP contribution in [0.15, 0.2) is 47.4 Å². The number of aryl methyl sites for hydroxylation is 2. The van der Waals surface area contributed by atoms with Gasteiger partial charge in [-0.05, 0) is 37.6 Å². The topological polar surface area (TPSA) is 20.3 Å². The Bertz CT molecular complexity index is 845. The number of hydrogen-bond acceptors (Lipinski definition) is 3. The molecular weight excluding hydrogens is 329 g/mol. The molecule has 23 heavy (non-hydrogen) atoms. The summed E-state index contributed by atoms with van der Waals surface area (Å²) >= 11 is 6.55. The summed E-state index contributed by atoms with van der Waals surface area (Å²) in [4.78, 5) is 14.6. The fourth-order valence-corrected chi connectivity index (χ4v) is 3.74. The van der Waals surface area contributed by atoms with Gasteiger partial charge in [-0.3, -0.25) is 9.69 Å². The number of nitrogens with zero attached hydrogens (tertiary/aromatic N) is 1. The van der Waals surface area contributed by atoms with Crippen molar-refractivity contribution in [2.24, 2.45) is 0 Å². The first-order chi connectivity index (χ1) is 11.0. The Kier molecular flexibility index (Phi) is 4.33. The third kappa shape index (κ3) is 3.07. The lowest BCUT2D eigenvalue weighted by atomic mass is 10.1. The Hall–Kier alpha value is -1.98. The van der Waals surface area contributed by atoms with Crippen LogP contribution in [-0.2, 0) is 4.79 Å². The fraction of sp³-hybridized carbons (Fsp3) is 0.111. The number of rotatable bonds is 2. The van der Waals surface area contributed by atoms with Gasteiger partial charge in [-0.25, -0.2) is 4.39 Å². The van der Waals surface area contributed by atoms with Crippen LogP contribution in [-0.4, -0.2) is 10.2 Å². The number of amides is 1. The highest BCUT2D eigenvalue weighted by Crippen LogP contribution is 2.37. The number of anilines is 1. The van der Waals surface area contributed by atoms with Crippen molar-refractivity contribution in [3.05, 3.63) is 69.9 Å². The first-order valence-electron chi connectivity index (χ1n) is 7.07. The highest BCUT2D eigenvalue weighted by molar-refractivity contribution is 8.27. The van der Waals surface area contributed by atoms with Crippen LogP contribution in [0.5, 0.6) is 0 Å². The highest BCUT2D eigenvalue weighted by atomic mass is 32.2. The van der Waals surface area contributed by atoms with Crippen molar-refractivity contribution < 1.29 is 9.18 Å². The number of carbonyl (C=O) groups is 1. The molecule has 0 saturated carbocycles. The van der Waals surface area contributed by atoms with E-state index in [2.05, 4.69) is 0 Å². The Morgan fingerprint density at radius 2 is 1.91 bits per heavy atom. The average Bonchev–Trinajstić information content (AvgIpc) is 2.77. The number of benzene rings is 2. The van der Waals surface area contributed by atoms with Crippen LogP contribution in [0.3, 0.4) is 0 Å². The van der Waals surface area contributed by atoms with E-state index in [4.69, 9.17) is 12.2 Å². The van der Waals surface area contributed by atoms with Gasteiger partial charge in [0.1, 0.15) is 5.82 Å². The molecular formula is C18H14FNOS2. The minimum Gasteiger partial charge on any atom is -0.268 e. The van der Waals surface area contributed by atoms with E-state index < -0.39 is 0 Å². The molecule has 0 N–H and O–H groups in total. The van der Waals surface area contributed by atoms with E-state index in [-0.39, 0.29) is 11.7 Å². The third-order valence-corrected chi connectivity index (χ3v) is 4.88. The van der Waals surface area contributed by atoms with Crippen LogP contribution in [0.4, 0.5) is 10.1 Å². The molecule has 0 radical (unpaired) electrons. The van der Waals surface area contributed by atoms with Crippen molar-refractivity contribution in [3.8, 4) is 0 Å². The van der Waals surface area contributed by atoms with E-state index in [1.54, 1.807) is 24.3 Å². The van der Waals surface area contributed by atoms with Crippen LogP contribution < -0.4 is 4.90 Å². The standard InChI is InChI=1S/C18H14FNOS2/c1-11-7-8-15(12(2)9-11)20-17(21)16(23-18(20)22)10-13-5-3-4-6-14(13)19/h3-10H,1-2H3. The summed E-state index contributed by atoms with van der Waals surface area (Å²) in [5.74, 6) is -0.570. The Morgan fingerprint density at radius 1 is 1.17 bits per heavy atom. The molecule has 1 amide bonds. The van der Waals surface area contributed by atoms with Crippen LogP contribution in [0, 0.1) is 19.7 Å². The molecule has 3 rings (SSSR count). The van der Waals surface area contributed by atoms with Gasteiger partial charge in [-0.1, -0.05) is 59.9 Å². The summed E-state index contributed by atoms with van der Waals surface area (Å²) in [6.07, 6.45) is 1.55. The van der Waals surface area contributed by atoms with E-state index >= 15 is 0 Å². The van der Waals surface area contributed by atoms with Gasteiger partial charge in [0.25, 0.3) is 5.91 Å². The van der Waals surface area contributed by atoms with Gasteiger partial charge in [-0.2, -0.15) is 0 Å². The van der Waals surface area contributed by atoms with E-state index in [0.29, 0.717) is 14.8 Å². The monoisotopic (exact) mass is 343 g/mol. The van der Waals surface area contributed by atoms with Crippen molar-refractivity contribution in [3.63, 3.8) is 0 Å². The van der Waals surface area contributed by atoms with Gasteiger partial charge in [0.15, 0.2) is 4.32 Å². The van der Waals surface area contributed by atoms with E-state index in [0.717, 1.165) is 16.8 Å². The molecule has 1 fully saturated rings. The molecule has 2 aromatic carbocycles. The van der Waals surface area contributed by atoms with Crippen molar-refractivity contribution in [1.82, 2.24) is 0 Å². The molecule has 1 heterocycles. The zero-order valence-corrected chi connectivity index (χ0v) is 14.3. The highest BCUT2D eigenvalue weighted by Gasteiger charge is 2.34. The maximum atomic E-state index is 13.8. The van der Waals surface area contributed by atoms with Gasteiger partial charge in [-0.15, -0.1) is 0 Å². The maximum absolute atomic E-state index is 13.8. The molecule has 0 unspecified atom stereocenters. The summed E-state index contributed by atoms with van der Waals surface area (Å²) in [5.41, 5.74) is 3.26. The summed E-state index contributed by atoms with van der Waals surface area (Å²) in [5, 5.41) is 0. The maximum Gasteiger partial charge on any atom is 0.270 e. The summed E-state index contributed by atoms with van der Waals surface area (Å²) in [6.45, 7) is 3.95. The molecule has 116 valence electrons. The predicted octanol–water partition coefficient (Wildman–Crippen LogP) is 4.85. The van der Waals surface area contributed by atoms with Crippen molar-refractivity contribution >= 4 is 46.0 Å². The van der Waals surface area contributed by atoms with Crippen molar-refractivity contribution in [1.29, 1.82) is 0 Å². The van der Waals surface area contributed by atoms with Crippen LogP contribution in [0.1, 0.15) is 16.7 Å². The number of thiocarbonyl (C=S) groups is 1. The number of thioether (sulfide) groups is 1. The lowest BCUT2D eigenvalue weighted by Crippen LogP contribution is -2.28. The van der Waals surface area contributed by atoms with Gasteiger partial charge in [0, 0.05) is 5.56 Å². The van der Waals surface area contributed by atoms with E-state index in [1.165, 1.54) is 22.7 Å². The quantitative estimate of drug-likeness (QED) is 0.574. The van der Waals surface area contributed by atoms with Gasteiger partial charge in [0.2, 0.25) is 0 Å². The van der Waals surface area contributed by atoms with Gasteiger partial charge in [0.05, 0.1) is 10.6 Å². The molecule has 0 spiro atoms. The smallest absolute Gasteiger partial charge is 0.268 e. The molecule has 2 aromatic rings. The van der Waals surface area contributed by atoms with E-state index in [9.17, 15) is 9.18 Å². The second-order valence-corrected chi connectivity index (χ2v) is 7.00. The van der Waals surface area contributed by atoms with Crippen LogP contribution >= 0.6 is 24.0 Å². The molecule has 0 aliphatic carbocycles. The Labute approximate surface area is 144 Å². The SMILES string of the molecule is Cc1ccc(N2C(=O)C(=Cc3ccccc3F)SC2=S)c(C)c1. The summed E-state index contributed by atoms with van der Waals surface area (Å²) < 4.78 is 14.2. The molecule has 2 nitrogen and oxygen atoms in total. The van der Waals surface area contributed by atoms with Gasteiger partial charge >= 0.3 is 0 Å². The normalized spacial score (nSPS) is 16.5. The summed E-state index contributed by atoms with van der Waals surface area (Å²) in [6, 6.07) is 12.2. The molecule has 5 heteroatoms. The molecule has 1 aliphatic heterocycles. The number of hydrogen-bond donors (Lipinski definition) is 0. The zero-order valence-electron chi connectivity index (χ0n) is 12.7. The largest absolute Gasteiger partial charge is 0.270 e. The lowest BCUT2D eigenvalue weighted by Gasteiger charge is -2.17. The third-order valence-electron chi connectivity index (χ3n) is 3.58. The minimum atomic E-state index is -0.357. The van der Waals surface area contributed by atoms with Crippen molar-refractivity contribution in [2.75, 3.05) is 4.90 Å². The van der Waals surface area contributed by atoms with Crippen LogP contribution in [0.25, 0.3) is 6.08 Å². The minimum absolute atomic E-state index is 0.213. The van der Waals surface area contributed by atoms with Gasteiger partial charge < -0.3 is 0 Å². The number of halogens is 1. The molecule has 1 aliphatic rings. The lowest BCUT2D eigenvalue weighted by molar-refractivity contribution is -0.113. The fourth-order valence-electron chi connectivity index (χ4n) is 2.47. The van der Waals surface area contributed by atoms with Crippen molar-refractivity contribution in [2.45, 2.75) is 13.8 Å². The number of carbonyl (C=O) groups excluding carboxylic acids is 1. The first-order valence-corrected chi connectivity index (χ1v) is 8.29. The second kappa shape index (κ2) is 6.26. The zero-order chi connectivity index (χ0) is 16.6. The average molecular weight is 343 g/mol. The van der Waals surface area contributed by atoms with E-state index in [1.807, 2.05) is 32.0 Å². The molecule has 0 bridgehead atoms. The predicted molar refractivity (Wildman–Crippen MR) is 98.0 cm³/mol. The molecule has 0 atom stereocenters. The van der Waals surface area contributed by atoms with Crippen LogP contribution in [0.2, 0.25) is 0 Å². The summed E-state index contributed by atoms with van der Waals surface area (Å²) in [7, 11) is 0. The second-order valence-electron chi connectivity index (χ2n) is 5.33. The molecule has 0 aromatic heterocycles. The Balaban J connectivity index is 1.99. The molecule has 1 saturated heterocycles. The first kappa shape index (κ1) is 15.9. The Morgan fingerprint density at radius 3 is 2.61 bits per heavy atom.